The Morgan fingerprint density at radius 3 is 3.06 bits per heavy atom. The van der Waals surface area contributed by atoms with Gasteiger partial charge in [-0.3, -0.25) is 0 Å². The fourth-order valence-electron chi connectivity index (χ4n) is 1.56. The van der Waals surface area contributed by atoms with E-state index in [0.29, 0.717) is 11.6 Å². The van der Waals surface area contributed by atoms with Crippen molar-refractivity contribution < 1.29 is 9.53 Å². The molecule has 3 heterocycles. The molecule has 2 aromatic heterocycles. The highest BCUT2D eigenvalue weighted by Gasteiger charge is 2.24. The molecule has 3 rings (SSSR count). The van der Waals surface area contributed by atoms with E-state index in [1.165, 1.54) is 11.3 Å². The van der Waals surface area contributed by atoms with Gasteiger partial charge >= 0.3 is 5.97 Å². The smallest absolute Gasteiger partial charge is 0.363 e. The largest absolute Gasteiger partial charge is 0.401 e. The van der Waals surface area contributed by atoms with Crippen LogP contribution in [0.3, 0.4) is 0 Å². The molecular weight excluding hydrogens is 250 g/mol. The van der Waals surface area contributed by atoms with E-state index < -0.39 is 5.97 Å². The number of ether oxygens (including phenoxy) is 1. The van der Waals surface area contributed by atoms with Gasteiger partial charge in [0.05, 0.1) is 16.9 Å². The third kappa shape index (κ3) is 1.98. The van der Waals surface area contributed by atoms with E-state index in [9.17, 15) is 4.79 Å². The Labute approximate surface area is 107 Å². The summed E-state index contributed by atoms with van der Waals surface area (Å²) in [4.78, 5) is 20.8. The molecule has 0 saturated heterocycles. The Hall–Kier alpha value is -2.21. The third-order valence-electron chi connectivity index (χ3n) is 2.36. The Bertz CT molecular complexity index is 653. The SMILES string of the molecule is Cn1cnc(/C=C2/N=C(c3cccs3)OC2=O)c1. The summed E-state index contributed by atoms with van der Waals surface area (Å²) < 4.78 is 6.92. The molecule has 6 heteroatoms. The molecule has 18 heavy (non-hydrogen) atoms. The van der Waals surface area contributed by atoms with Gasteiger partial charge in [-0.05, 0) is 17.5 Å². The molecule has 0 N–H and O–H groups in total. The molecule has 0 unspecified atom stereocenters. The van der Waals surface area contributed by atoms with Crippen LogP contribution in [0.15, 0.2) is 40.7 Å². The lowest BCUT2D eigenvalue weighted by Gasteiger charge is -1.92. The maximum atomic E-state index is 11.7. The molecule has 1 aliphatic rings. The quantitative estimate of drug-likeness (QED) is 0.610. The van der Waals surface area contributed by atoms with Crippen molar-refractivity contribution in [3.8, 4) is 0 Å². The van der Waals surface area contributed by atoms with E-state index in [2.05, 4.69) is 9.98 Å². The minimum atomic E-state index is -0.441. The van der Waals surface area contributed by atoms with Crippen LogP contribution >= 0.6 is 11.3 Å². The lowest BCUT2D eigenvalue weighted by atomic mass is 10.3. The lowest BCUT2D eigenvalue weighted by Crippen LogP contribution is -2.03. The van der Waals surface area contributed by atoms with Crippen LogP contribution in [0.5, 0.6) is 0 Å². The van der Waals surface area contributed by atoms with Crippen molar-refractivity contribution in [2.45, 2.75) is 0 Å². The number of aryl methyl sites for hydroxylation is 1. The molecule has 0 aliphatic carbocycles. The molecule has 2 aromatic rings. The molecule has 0 radical (unpaired) electrons. The van der Waals surface area contributed by atoms with Crippen LogP contribution in [-0.2, 0) is 16.6 Å². The molecule has 0 aromatic carbocycles. The van der Waals surface area contributed by atoms with E-state index in [1.54, 1.807) is 23.2 Å². The number of aromatic nitrogens is 2. The third-order valence-corrected chi connectivity index (χ3v) is 3.22. The van der Waals surface area contributed by atoms with E-state index in [1.807, 2.05) is 24.6 Å². The molecule has 0 bridgehead atoms. The fourth-order valence-corrected chi connectivity index (χ4v) is 2.21. The lowest BCUT2D eigenvalue weighted by molar-refractivity contribution is -0.129. The molecule has 1 aliphatic heterocycles. The monoisotopic (exact) mass is 259 g/mol. The predicted molar refractivity (Wildman–Crippen MR) is 68.1 cm³/mol. The first-order valence-corrected chi connectivity index (χ1v) is 6.15. The summed E-state index contributed by atoms with van der Waals surface area (Å²) in [6.07, 6.45) is 5.08. The minimum absolute atomic E-state index is 0.275. The molecule has 90 valence electrons. The van der Waals surface area contributed by atoms with Crippen LogP contribution in [0, 0.1) is 0 Å². The minimum Gasteiger partial charge on any atom is -0.401 e. The highest BCUT2D eigenvalue weighted by Crippen LogP contribution is 2.20. The van der Waals surface area contributed by atoms with Crippen molar-refractivity contribution in [2.24, 2.45) is 12.0 Å². The van der Waals surface area contributed by atoms with Crippen molar-refractivity contribution >= 4 is 29.3 Å². The summed E-state index contributed by atoms with van der Waals surface area (Å²) in [7, 11) is 1.86. The Kier molecular flexibility index (Phi) is 2.56. The van der Waals surface area contributed by atoms with Crippen LogP contribution in [0.1, 0.15) is 10.6 Å². The van der Waals surface area contributed by atoms with Gasteiger partial charge in [0, 0.05) is 13.2 Å². The zero-order chi connectivity index (χ0) is 12.5. The number of cyclic esters (lactones) is 1. The summed E-state index contributed by atoms with van der Waals surface area (Å²) in [5, 5.41) is 1.91. The number of hydrogen-bond acceptors (Lipinski definition) is 5. The number of imidazole rings is 1. The number of nitrogens with zero attached hydrogens (tertiary/aromatic N) is 3. The first kappa shape index (κ1) is 10.9. The van der Waals surface area contributed by atoms with Crippen molar-refractivity contribution in [3.05, 3.63) is 46.3 Å². The summed E-state index contributed by atoms with van der Waals surface area (Å²) in [5.41, 5.74) is 0.956. The van der Waals surface area contributed by atoms with E-state index in [0.717, 1.165) is 4.88 Å². The molecule has 0 amide bonds. The molecule has 0 saturated carbocycles. The number of hydrogen-bond donors (Lipinski definition) is 0. The summed E-state index contributed by atoms with van der Waals surface area (Å²) in [6, 6.07) is 3.75. The second-order valence-corrected chi connectivity index (χ2v) is 4.73. The van der Waals surface area contributed by atoms with Gasteiger partial charge in [0.1, 0.15) is 0 Å². The van der Waals surface area contributed by atoms with E-state index >= 15 is 0 Å². The van der Waals surface area contributed by atoms with Crippen LogP contribution in [0.4, 0.5) is 0 Å². The maximum Gasteiger partial charge on any atom is 0.363 e. The molecule has 0 fully saturated rings. The first-order chi connectivity index (χ1) is 8.72. The highest BCUT2D eigenvalue weighted by molar-refractivity contribution is 7.12. The van der Waals surface area contributed by atoms with Gasteiger partial charge in [-0.1, -0.05) is 6.07 Å². The topological polar surface area (TPSA) is 56.5 Å². The maximum absolute atomic E-state index is 11.7. The van der Waals surface area contributed by atoms with Crippen molar-refractivity contribution in [2.75, 3.05) is 0 Å². The number of esters is 1. The van der Waals surface area contributed by atoms with Gasteiger partial charge in [0.15, 0.2) is 5.70 Å². The van der Waals surface area contributed by atoms with Gasteiger partial charge in [-0.2, -0.15) is 0 Å². The van der Waals surface area contributed by atoms with Crippen molar-refractivity contribution in [3.63, 3.8) is 0 Å². The normalized spacial score (nSPS) is 17.1. The summed E-state index contributed by atoms with van der Waals surface area (Å²) >= 11 is 1.48. The molecule has 0 atom stereocenters. The van der Waals surface area contributed by atoms with Gasteiger partial charge in [-0.25, -0.2) is 14.8 Å². The molecule has 0 spiro atoms. The molecular formula is C12H9N3O2S. The molecule has 5 nitrogen and oxygen atoms in total. The van der Waals surface area contributed by atoms with Gasteiger partial charge < -0.3 is 9.30 Å². The van der Waals surface area contributed by atoms with Crippen LogP contribution in [0.2, 0.25) is 0 Å². The number of rotatable bonds is 2. The van der Waals surface area contributed by atoms with Crippen molar-refractivity contribution in [1.29, 1.82) is 0 Å². The van der Waals surface area contributed by atoms with Crippen molar-refractivity contribution in [1.82, 2.24) is 9.55 Å². The Morgan fingerprint density at radius 1 is 1.50 bits per heavy atom. The van der Waals surface area contributed by atoms with Gasteiger partial charge in [0.2, 0.25) is 5.90 Å². The van der Waals surface area contributed by atoms with Gasteiger partial charge in [0.25, 0.3) is 0 Å². The average molecular weight is 259 g/mol. The van der Waals surface area contributed by atoms with Crippen LogP contribution in [0.25, 0.3) is 6.08 Å². The van der Waals surface area contributed by atoms with E-state index in [4.69, 9.17) is 4.74 Å². The standard InChI is InChI=1S/C12H9N3O2S/c1-15-6-8(13-7-15)5-9-12(16)17-11(14-9)10-3-2-4-18-10/h2-7H,1H3/b9-5+. The number of thiophene rings is 1. The van der Waals surface area contributed by atoms with Crippen LogP contribution in [-0.4, -0.2) is 21.4 Å². The second-order valence-electron chi connectivity index (χ2n) is 3.78. The predicted octanol–water partition coefficient (Wildman–Crippen LogP) is 1.83. The Balaban J connectivity index is 1.94. The summed E-state index contributed by atoms with van der Waals surface area (Å²) in [5.74, 6) is -0.0822. The van der Waals surface area contributed by atoms with Crippen LogP contribution < -0.4 is 0 Å². The number of carbonyl (C=O) groups excluding carboxylic acids is 1. The number of aliphatic imine (C=N–C) groups is 1. The number of carbonyl (C=O) groups is 1. The zero-order valence-electron chi connectivity index (χ0n) is 9.53. The Morgan fingerprint density at radius 2 is 2.39 bits per heavy atom. The highest BCUT2D eigenvalue weighted by atomic mass is 32.1. The van der Waals surface area contributed by atoms with E-state index in [-0.39, 0.29) is 5.70 Å². The van der Waals surface area contributed by atoms with Gasteiger partial charge in [-0.15, -0.1) is 11.3 Å². The fraction of sp³-hybridized carbons (Fsp3) is 0.0833. The average Bonchev–Trinajstić information content (AvgIpc) is 3.02. The first-order valence-electron chi connectivity index (χ1n) is 5.27. The second kappa shape index (κ2) is 4.23. The summed E-state index contributed by atoms with van der Waals surface area (Å²) in [6.45, 7) is 0. The zero-order valence-corrected chi connectivity index (χ0v) is 10.3.